The molecular weight excluding hydrogens is 356 g/mol. The van der Waals surface area contributed by atoms with Gasteiger partial charge in [-0.2, -0.15) is 5.10 Å². The molecule has 5 rings (SSSR count). The smallest absolute Gasteiger partial charge is 0.163 e. The largest absolute Gasteiger partial charge is 0.264 e. The van der Waals surface area contributed by atoms with Crippen LogP contribution in [0.3, 0.4) is 0 Å². The Balaban J connectivity index is 1.76. The minimum absolute atomic E-state index is 0.276. The van der Waals surface area contributed by atoms with Crippen LogP contribution >= 0.6 is 0 Å². The van der Waals surface area contributed by atoms with E-state index in [9.17, 15) is 0 Å². The van der Waals surface area contributed by atoms with E-state index < -0.39 is 0 Å². The first-order valence-corrected chi connectivity index (χ1v) is 10.4. The maximum Gasteiger partial charge on any atom is 0.163 e. The summed E-state index contributed by atoms with van der Waals surface area (Å²) in [6.07, 6.45) is 8.95. The lowest BCUT2D eigenvalue weighted by molar-refractivity contribution is 0.214. The molecule has 0 spiro atoms. The third-order valence-corrected chi connectivity index (χ3v) is 6.28. The molecule has 4 heteroatoms. The van der Waals surface area contributed by atoms with Crippen LogP contribution in [0.5, 0.6) is 0 Å². The van der Waals surface area contributed by atoms with Gasteiger partial charge in [-0.1, -0.05) is 51.1 Å². The third kappa shape index (κ3) is 3.13. The molecule has 0 unspecified atom stereocenters. The number of benzene rings is 1. The van der Waals surface area contributed by atoms with E-state index in [2.05, 4.69) is 60.6 Å². The summed E-state index contributed by atoms with van der Waals surface area (Å²) >= 11 is 0. The minimum Gasteiger partial charge on any atom is -0.264 e. The van der Waals surface area contributed by atoms with E-state index in [-0.39, 0.29) is 5.41 Å². The maximum atomic E-state index is 5.17. The molecule has 146 valence electrons. The fourth-order valence-electron chi connectivity index (χ4n) is 4.52. The van der Waals surface area contributed by atoms with Crippen molar-refractivity contribution >= 4 is 5.65 Å². The molecule has 29 heavy (non-hydrogen) atoms. The van der Waals surface area contributed by atoms with Crippen LogP contribution in [0.1, 0.15) is 38.4 Å². The zero-order chi connectivity index (χ0) is 20.0. The van der Waals surface area contributed by atoms with Gasteiger partial charge in [-0.15, -0.1) is 0 Å². The summed E-state index contributed by atoms with van der Waals surface area (Å²) in [6.45, 7) is 7.04. The van der Waals surface area contributed by atoms with Gasteiger partial charge in [0.2, 0.25) is 0 Å². The van der Waals surface area contributed by atoms with Gasteiger partial charge in [0.25, 0.3) is 0 Å². The highest BCUT2D eigenvalue weighted by atomic mass is 15.3. The Morgan fingerprint density at radius 3 is 2.48 bits per heavy atom. The number of aromatic nitrogens is 4. The van der Waals surface area contributed by atoms with Crippen molar-refractivity contribution in [1.82, 2.24) is 19.6 Å². The molecule has 1 aromatic carbocycles. The summed E-state index contributed by atoms with van der Waals surface area (Å²) in [5.41, 5.74) is 8.22. The summed E-state index contributed by atoms with van der Waals surface area (Å²) in [7, 11) is 0. The number of nitrogens with zero attached hydrogens (tertiary/aromatic N) is 4. The number of aryl methyl sites for hydroxylation is 1. The molecule has 0 aliphatic heterocycles. The van der Waals surface area contributed by atoms with Gasteiger partial charge in [-0.25, -0.2) is 9.50 Å². The number of hydrogen-bond acceptors (Lipinski definition) is 3. The first-order chi connectivity index (χ1) is 14.0. The highest BCUT2D eigenvalue weighted by molar-refractivity contribution is 5.79. The zero-order valence-electron chi connectivity index (χ0n) is 17.3. The van der Waals surface area contributed by atoms with Crippen LogP contribution in [0.15, 0.2) is 61.1 Å². The van der Waals surface area contributed by atoms with Crippen LogP contribution in [0.4, 0.5) is 0 Å². The Hall–Kier alpha value is -3.01. The average molecular weight is 383 g/mol. The van der Waals surface area contributed by atoms with Gasteiger partial charge in [0, 0.05) is 34.8 Å². The Morgan fingerprint density at radius 1 is 0.966 bits per heavy atom. The van der Waals surface area contributed by atoms with E-state index in [1.165, 1.54) is 17.7 Å². The van der Waals surface area contributed by atoms with Crippen molar-refractivity contribution < 1.29 is 0 Å². The van der Waals surface area contributed by atoms with Crippen molar-refractivity contribution in [3.8, 4) is 22.4 Å². The molecule has 0 bridgehead atoms. The molecule has 1 atom stereocenters. The number of fused-ring (bicyclic) bond motifs is 3. The van der Waals surface area contributed by atoms with Gasteiger partial charge < -0.3 is 0 Å². The average Bonchev–Trinajstić information content (AvgIpc) is 3.17. The van der Waals surface area contributed by atoms with Crippen molar-refractivity contribution in [2.24, 2.45) is 11.3 Å². The van der Waals surface area contributed by atoms with E-state index in [1.54, 1.807) is 0 Å². The molecule has 0 saturated heterocycles. The third-order valence-electron chi connectivity index (χ3n) is 6.28. The highest BCUT2D eigenvalue weighted by Gasteiger charge is 2.32. The van der Waals surface area contributed by atoms with E-state index in [1.807, 2.05) is 30.7 Å². The second kappa shape index (κ2) is 6.80. The number of hydrogen-bond donors (Lipinski definition) is 0. The van der Waals surface area contributed by atoms with E-state index in [0.717, 1.165) is 40.9 Å². The van der Waals surface area contributed by atoms with Crippen LogP contribution in [0.25, 0.3) is 28.0 Å². The zero-order valence-corrected chi connectivity index (χ0v) is 17.3. The highest BCUT2D eigenvalue weighted by Crippen LogP contribution is 2.41. The van der Waals surface area contributed by atoms with Crippen LogP contribution < -0.4 is 0 Å². The number of rotatable bonds is 2. The van der Waals surface area contributed by atoms with Crippen LogP contribution in [-0.4, -0.2) is 19.6 Å². The normalized spacial score (nSPS) is 16.7. The molecule has 0 amide bonds. The van der Waals surface area contributed by atoms with Gasteiger partial charge in [-0.3, -0.25) is 4.98 Å². The fraction of sp³-hybridized carbons (Fsp3) is 0.320. The molecule has 4 nitrogen and oxygen atoms in total. The molecule has 0 N–H and O–H groups in total. The predicted molar refractivity (Wildman–Crippen MR) is 117 cm³/mol. The van der Waals surface area contributed by atoms with Crippen LogP contribution in [0, 0.1) is 11.3 Å². The summed E-state index contributed by atoms with van der Waals surface area (Å²) in [6, 6.07) is 14.5. The first-order valence-electron chi connectivity index (χ1n) is 10.4. The molecule has 0 saturated carbocycles. The van der Waals surface area contributed by atoms with Crippen molar-refractivity contribution in [3.05, 3.63) is 72.3 Å². The maximum absolute atomic E-state index is 5.17. The van der Waals surface area contributed by atoms with Crippen LogP contribution in [-0.2, 0) is 12.8 Å². The SMILES string of the molecule is CC(C)(C)[C@@H]1CCc2c(c(-c3cccnc3)nc3c(-c4ccccc4)cnn23)C1. The summed E-state index contributed by atoms with van der Waals surface area (Å²) < 4.78 is 2.08. The predicted octanol–water partition coefficient (Wildman–Crippen LogP) is 5.61. The van der Waals surface area contributed by atoms with Crippen molar-refractivity contribution in [2.45, 2.75) is 40.0 Å². The topological polar surface area (TPSA) is 43.1 Å². The van der Waals surface area contributed by atoms with Gasteiger partial charge in [0.05, 0.1) is 11.9 Å². The van der Waals surface area contributed by atoms with Crippen LogP contribution in [0.2, 0.25) is 0 Å². The Kier molecular flexibility index (Phi) is 4.23. The van der Waals surface area contributed by atoms with E-state index >= 15 is 0 Å². The molecule has 0 radical (unpaired) electrons. The molecule has 0 fully saturated rings. The molecule has 1 aliphatic carbocycles. The standard InChI is InChI=1S/C25H26N4/c1-25(2,3)19-11-12-22-20(14-19)23(18-10-7-13-26-15-18)28-24-21(16-27-29(22)24)17-8-5-4-6-9-17/h4-10,13,15-16,19H,11-12,14H2,1-3H3/t19-/m1/s1. The Bertz CT molecular complexity index is 1150. The first kappa shape index (κ1) is 18.0. The Morgan fingerprint density at radius 2 is 1.76 bits per heavy atom. The van der Waals surface area contributed by atoms with Gasteiger partial charge in [0.1, 0.15) is 0 Å². The quantitative estimate of drug-likeness (QED) is 0.453. The lowest BCUT2D eigenvalue weighted by atomic mass is 9.71. The summed E-state index contributed by atoms with van der Waals surface area (Å²) in [5.74, 6) is 0.633. The molecule has 4 aromatic rings. The molecule has 1 aliphatic rings. The van der Waals surface area contributed by atoms with Crippen molar-refractivity contribution in [2.75, 3.05) is 0 Å². The van der Waals surface area contributed by atoms with Crippen molar-refractivity contribution in [1.29, 1.82) is 0 Å². The summed E-state index contributed by atoms with van der Waals surface area (Å²) in [4.78, 5) is 9.54. The lowest BCUT2D eigenvalue weighted by Crippen LogP contribution is -2.29. The second-order valence-corrected chi connectivity index (χ2v) is 9.09. The minimum atomic E-state index is 0.276. The number of pyridine rings is 1. The van der Waals surface area contributed by atoms with E-state index in [4.69, 9.17) is 10.1 Å². The van der Waals surface area contributed by atoms with Gasteiger partial charge in [0.15, 0.2) is 5.65 Å². The van der Waals surface area contributed by atoms with E-state index in [0.29, 0.717) is 5.92 Å². The molecule has 3 aromatic heterocycles. The van der Waals surface area contributed by atoms with Gasteiger partial charge >= 0.3 is 0 Å². The second-order valence-electron chi connectivity index (χ2n) is 9.09. The van der Waals surface area contributed by atoms with Gasteiger partial charge in [-0.05, 0) is 48.3 Å². The Labute approximate surface area is 171 Å². The fourth-order valence-corrected chi connectivity index (χ4v) is 4.52. The van der Waals surface area contributed by atoms with Crippen molar-refractivity contribution in [3.63, 3.8) is 0 Å². The lowest BCUT2D eigenvalue weighted by Gasteiger charge is -2.35. The molecular formula is C25H26N4. The summed E-state index contributed by atoms with van der Waals surface area (Å²) in [5, 5.41) is 4.77. The monoisotopic (exact) mass is 382 g/mol. The molecule has 3 heterocycles.